The summed E-state index contributed by atoms with van der Waals surface area (Å²) >= 11 is 0. The molecule has 2 aromatic rings. The zero-order chi connectivity index (χ0) is 22.0. The summed E-state index contributed by atoms with van der Waals surface area (Å²) in [6, 6.07) is 14.8. The zero-order valence-electron chi connectivity index (χ0n) is 18.1. The Morgan fingerprint density at radius 1 is 1.10 bits per heavy atom. The van der Waals surface area contributed by atoms with Crippen LogP contribution in [0.5, 0.6) is 0 Å². The summed E-state index contributed by atoms with van der Waals surface area (Å²) in [5, 5.41) is 5.76. The number of carbonyl (C=O) groups is 3. The Balaban J connectivity index is 1.45. The molecular weight excluding hydrogens is 390 g/mol. The maximum Gasteiger partial charge on any atom is 0.325 e. The molecule has 31 heavy (non-hydrogen) atoms. The third-order valence-corrected chi connectivity index (χ3v) is 6.52. The van der Waals surface area contributed by atoms with E-state index < -0.39 is 11.6 Å². The van der Waals surface area contributed by atoms with E-state index >= 15 is 0 Å². The number of hydrogen-bond acceptors (Lipinski definition) is 3. The monoisotopic (exact) mass is 419 g/mol. The fourth-order valence-electron chi connectivity index (χ4n) is 4.67. The average molecular weight is 420 g/mol. The first-order valence-electron chi connectivity index (χ1n) is 11.1. The Hall–Kier alpha value is -3.15. The molecule has 1 fully saturated rings. The van der Waals surface area contributed by atoms with Crippen molar-refractivity contribution in [2.75, 3.05) is 6.54 Å². The van der Waals surface area contributed by atoms with Gasteiger partial charge in [0, 0.05) is 0 Å². The number of carbonyl (C=O) groups excluding carboxylic acids is 3. The Morgan fingerprint density at radius 2 is 1.81 bits per heavy atom. The highest BCUT2D eigenvalue weighted by Gasteiger charge is 2.51. The highest BCUT2D eigenvalue weighted by molar-refractivity contribution is 6.09. The van der Waals surface area contributed by atoms with Gasteiger partial charge in [-0.15, -0.1) is 0 Å². The molecule has 2 atom stereocenters. The SMILES string of the molecule is CCC1(c2ccccc2)NC(=O)N(CC(=O)NC(C)c2ccc3c(c2)CCCC3)C1=O. The van der Waals surface area contributed by atoms with E-state index in [1.54, 1.807) is 0 Å². The van der Waals surface area contributed by atoms with Gasteiger partial charge in [0.1, 0.15) is 12.1 Å². The van der Waals surface area contributed by atoms with Gasteiger partial charge in [-0.2, -0.15) is 0 Å². The standard InChI is InChI=1S/C25H29N3O3/c1-3-25(21-11-5-4-6-12-21)23(30)28(24(31)27-25)16-22(29)26-17(2)19-14-13-18-9-7-8-10-20(18)15-19/h4-6,11-15,17H,3,7-10,16H2,1-2H3,(H,26,29)(H,27,31). The number of aryl methyl sites for hydroxylation is 2. The molecule has 2 unspecified atom stereocenters. The summed E-state index contributed by atoms with van der Waals surface area (Å²) in [4.78, 5) is 39.5. The average Bonchev–Trinajstić information content (AvgIpc) is 3.04. The minimum absolute atomic E-state index is 0.203. The number of imide groups is 1. The lowest BCUT2D eigenvalue weighted by Gasteiger charge is -2.25. The lowest BCUT2D eigenvalue weighted by Crippen LogP contribution is -2.45. The number of rotatable bonds is 6. The van der Waals surface area contributed by atoms with Crippen molar-refractivity contribution in [1.29, 1.82) is 0 Å². The van der Waals surface area contributed by atoms with Crippen LogP contribution in [0.1, 0.15) is 61.4 Å². The van der Waals surface area contributed by atoms with E-state index in [4.69, 9.17) is 0 Å². The molecule has 162 valence electrons. The molecule has 6 nitrogen and oxygen atoms in total. The molecule has 4 rings (SSSR count). The molecule has 2 aromatic carbocycles. The van der Waals surface area contributed by atoms with Crippen LogP contribution in [0.2, 0.25) is 0 Å². The van der Waals surface area contributed by atoms with Crippen molar-refractivity contribution >= 4 is 17.8 Å². The van der Waals surface area contributed by atoms with Gasteiger partial charge >= 0.3 is 6.03 Å². The van der Waals surface area contributed by atoms with Crippen LogP contribution in [-0.2, 0) is 28.0 Å². The molecule has 0 bridgehead atoms. The van der Waals surface area contributed by atoms with Gasteiger partial charge < -0.3 is 10.6 Å². The summed E-state index contributed by atoms with van der Waals surface area (Å²) < 4.78 is 0. The van der Waals surface area contributed by atoms with Crippen molar-refractivity contribution in [3.63, 3.8) is 0 Å². The lowest BCUT2D eigenvalue weighted by atomic mass is 9.87. The van der Waals surface area contributed by atoms with Gasteiger partial charge in [-0.25, -0.2) is 4.79 Å². The van der Waals surface area contributed by atoms with E-state index in [1.165, 1.54) is 24.0 Å². The number of hydrogen-bond donors (Lipinski definition) is 2. The van der Waals surface area contributed by atoms with E-state index in [2.05, 4.69) is 28.8 Å². The first-order valence-corrected chi connectivity index (χ1v) is 11.1. The van der Waals surface area contributed by atoms with Gasteiger partial charge in [-0.3, -0.25) is 14.5 Å². The fraction of sp³-hybridized carbons (Fsp3) is 0.400. The van der Waals surface area contributed by atoms with Crippen LogP contribution in [0.3, 0.4) is 0 Å². The summed E-state index contributed by atoms with van der Waals surface area (Å²) in [6.45, 7) is 3.48. The number of benzene rings is 2. The van der Waals surface area contributed by atoms with Crippen molar-refractivity contribution in [2.24, 2.45) is 0 Å². The molecule has 1 aliphatic carbocycles. The Bertz CT molecular complexity index is 1000. The van der Waals surface area contributed by atoms with Crippen LogP contribution in [0, 0.1) is 0 Å². The Labute approximate surface area is 183 Å². The molecule has 0 spiro atoms. The van der Waals surface area contributed by atoms with Crippen molar-refractivity contribution < 1.29 is 14.4 Å². The van der Waals surface area contributed by atoms with E-state index in [-0.39, 0.29) is 24.4 Å². The smallest absolute Gasteiger partial charge is 0.325 e. The molecule has 1 heterocycles. The van der Waals surface area contributed by atoms with Crippen molar-refractivity contribution in [3.05, 3.63) is 70.8 Å². The van der Waals surface area contributed by atoms with Gasteiger partial charge in [0.15, 0.2) is 0 Å². The highest BCUT2D eigenvalue weighted by atomic mass is 16.2. The zero-order valence-corrected chi connectivity index (χ0v) is 18.1. The number of amides is 4. The topological polar surface area (TPSA) is 78.5 Å². The molecule has 2 N–H and O–H groups in total. The highest BCUT2D eigenvalue weighted by Crippen LogP contribution is 2.32. The first-order chi connectivity index (χ1) is 14.9. The minimum atomic E-state index is -1.12. The summed E-state index contributed by atoms with van der Waals surface area (Å²) in [5.74, 6) is -0.739. The Morgan fingerprint density at radius 3 is 2.52 bits per heavy atom. The Kier molecular flexibility index (Phi) is 5.81. The predicted octanol–water partition coefficient (Wildman–Crippen LogP) is 3.60. The molecule has 1 aliphatic heterocycles. The third-order valence-electron chi connectivity index (χ3n) is 6.52. The molecule has 0 radical (unpaired) electrons. The van der Waals surface area contributed by atoms with E-state index in [9.17, 15) is 14.4 Å². The van der Waals surface area contributed by atoms with E-state index in [0.717, 1.165) is 28.9 Å². The van der Waals surface area contributed by atoms with Crippen molar-refractivity contribution in [1.82, 2.24) is 15.5 Å². The molecule has 0 saturated carbocycles. The second-order valence-electron chi connectivity index (χ2n) is 8.47. The van der Waals surface area contributed by atoms with Crippen LogP contribution in [0.4, 0.5) is 4.79 Å². The first kappa shape index (κ1) is 21.1. The van der Waals surface area contributed by atoms with Crippen LogP contribution in [0.25, 0.3) is 0 Å². The van der Waals surface area contributed by atoms with Crippen LogP contribution in [-0.4, -0.2) is 29.3 Å². The normalized spacial score (nSPS) is 21.4. The number of urea groups is 1. The molecule has 4 amide bonds. The molecule has 6 heteroatoms. The van der Waals surface area contributed by atoms with Gasteiger partial charge in [-0.1, -0.05) is 55.5 Å². The predicted molar refractivity (Wildman–Crippen MR) is 118 cm³/mol. The van der Waals surface area contributed by atoms with Crippen molar-refractivity contribution in [2.45, 2.75) is 57.5 Å². The van der Waals surface area contributed by atoms with Crippen LogP contribution in [0.15, 0.2) is 48.5 Å². The fourth-order valence-corrected chi connectivity index (χ4v) is 4.67. The van der Waals surface area contributed by atoms with Gasteiger partial charge in [-0.05, 0) is 61.3 Å². The quantitative estimate of drug-likeness (QED) is 0.702. The number of nitrogens with one attached hydrogen (secondary N) is 2. The lowest BCUT2D eigenvalue weighted by molar-refractivity contribution is -0.135. The summed E-state index contributed by atoms with van der Waals surface area (Å²) in [7, 11) is 0. The van der Waals surface area contributed by atoms with Crippen molar-refractivity contribution in [3.8, 4) is 0 Å². The van der Waals surface area contributed by atoms with Gasteiger partial charge in [0.2, 0.25) is 5.91 Å². The molecular formula is C25H29N3O3. The largest absolute Gasteiger partial charge is 0.348 e. The maximum atomic E-state index is 13.2. The molecule has 2 aliphatic rings. The third kappa shape index (κ3) is 3.94. The molecule has 1 saturated heterocycles. The summed E-state index contributed by atoms with van der Waals surface area (Å²) in [6.07, 6.45) is 5.02. The molecule has 0 aromatic heterocycles. The van der Waals surface area contributed by atoms with Crippen LogP contribution < -0.4 is 10.6 Å². The van der Waals surface area contributed by atoms with E-state index in [1.807, 2.05) is 44.2 Å². The van der Waals surface area contributed by atoms with Gasteiger partial charge in [0.05, 0.1) is 6.04 Å². The second-order valence-corrected chi connectivity index (χ2v) is 8.47. The van der Waals surface area contributed by atoms with Crippen LogP contribution >= 0.6 is 0 Å². The number of nitrogens with zero attached hydrogens (tertiary/aromatic N) is 1. The van der Waals surface area contributed by atoms with E-state index in [0.29, 0.717) is 6.42 Å². The second kappa shape index (κ2) is 8.53. The summed E-state index contributed by atoms with van der Waals surface area (Å²) in [5.41, 5.74) is 3.39. The number of fused-ring (bicyclic) bond motifs is 1. The maximum absolute atomic E-state index is 13.2. The minimum Gasteiger partial charge on any atom is -0.348 e. The van der Waals surface area contributed by atoms with Gasteiger partial charge in [0.25, 0.3) is 5.91 Å².